The van der Waals surface area contributed by atoms with Crippen molar-refractivity contribution in [3.8, 4) is 0 Å². The van der Waals surface area contributed by atoms with E-state index in [-0.39, 0.29) is 5.91 Å². The number of carbonyl (C=O) groups excluding carboxylic acids is 1. The minimum absolute atomic E-state index is 0.227. The van der Waals surface area contributed by atoms with Gasteiger partial charge in [-0.15, -0.1) is 0 Å². The summed E-state index contributed by atoms with van der Waals surface area (Å²) in [5.74, 6) is 1.80. The van der Waals surface area contributed by atoms with Crippen molar-refractivity contribution in [1.29, 1.82) is 0 Å². The quantitative estimate of drug-likeness (QED) is 0.719. The highest BCUT2D eigenvalue weighted by Gasteiger charge is 2.37. The van der Waals surface area contributed by atoms with Crippen molar-refractivity contribution in [2.45, 2.75) is 19.9 Å². The van der Waals surface area contributed by atoms with Crippen molar-refractivity contribution in [1.82, 2.24) is 4.90 Å². The zero-order valence-corrected chi connectivity index (χ0v) is 8.94. The predicted molar refractivity (Wildman–Crippen MR) is 58.5 cm³/mol. The van der Waals surface area contributed by atoms with Gasteiger partial charge < -0.3 is 4.90 Å². The van der Waals surface area contributed by atoms with Crippen molar-refractivity contribution in [2.75, 3.05) is 6.54 Å². The Morgan fingerprint density at radius 2 is 2.13 bits per heavy atom. The van der Waals surface area contributed by atoms with E-state index in [4.69, 9.17) is 0 Å². The van der Waals surface area contributed by atoms with Crippen LogP contribution >= 0.6 is 0 Å². The van der Waals surface area contributed by atoms with E-state index >= 15 is 0 Å². The van der Waals surface area contributed by atoms with Crippen LogP contribution in [0.1, 0.15) is 29.3 Å². The fourth-order valence-electron chi connectivity index (χ4n) is 2.40. The van der Waals surface area contributed by atoms with Crippen LogP contribution in [0, 0.1) is 11.8 Å². The molecule has 1 amide bonds. The molecule has 0 bridgehead atoms. The van der Waals surface area contributed by atoms with Gasteiger partial charge in [-0.1, -0.05) is 25.1 Å². The first-order valence-corrected chi connectivity index (χ1v) is 5.63. The lowest BCUT2D eigenvalue weighted by Crippen LogP contribution is -2.26. The molecule has 0 spiro atoms. The maximum atomic E-state index is 12.0. The maximum Gasteiger partial charge on any atom is 0.254 e. The monoisotopic (exact) mass is 201 g/mol. The number of hydrogen-bond acceptors (Lipinski definition) is 1. The number of hydrogen-bond donors (Lipinski definition) is 0. The molecule has 0 saturated heterocycles. The molecule has 15 heavy (non-hydrogen) atoms. The largest absolute Gasteiger partial charge is 0.334 e. The molecule has 1 fully saturated rings. The average Bonchev–Trinajstić information content (AvgIpc) is 2.83. The van der Waals surface area contributed by atoms with E-state index in [1.807, 2.05) is 23.1 Å². The molecule has 2 heteroatoms. The third-order valence-electron chi connectivity index (χ3n) is 3.63. The van der Waals surface area contributed by atoms with E-state index in [1.54, 1.807) is 0 Å². The number of benzene rings is 1. The summed E-state index contributed by atoms with van der Waals surface area (Å²) in [7, 11) is 0. The minimum atomic E-state index is 0.227. The third-order valence-corrected chi connectivity index (χ3v) is 3.63. The number of nitrogens with zero attached hydrogens (tertiary/aromatic N) is 1. The predicted octanol–water partition coefficient (Wildman–Crippen LogP) is 2.30. The molecule has 1 heterocycles. The van der Waals surface area contributed by atoms with Gasteiger partial charge in [0.25, 0.3) is 5.91 Å². The molecule has 1 aliphatic heterocycles. The lowest BCUT2D eigenvalue weighted by molar-refractivity contribution is 0.0769. The Labute approximate surface area is 89.9 Å². The molecule has 0 radical (unpaired) electrons. The van der Waals surface area contributed by atoms with Crippen molar-refractivity contribution >= 4 is 5.91 Å². The molecule has 1 saturated carbocycles. The molecule has 1 aromatic carbocycles. The van der Waals surface area contributed by atoms with Crippen LogP contribution in [0.4, 0.5) is 0 Å². The molecule has 2 nitrogen and oxygen atoms in total. The first kappa shape index (κ1) is 8.96. The van der Waals surface area contributed by atoms with Crippen LogP contribution in [-0.4, -0.2) is 17.4 Å². The Balaban J connectivity index is 1.78. The topological polar surface area (TPSA) is 20.3 Å². The molecule has 2 atom stereocenters. The molecule has 78 valence electrons. The van der Waals surface area contributed by atoms with Gasteiger partial charge in [-0.3, -0.25) is 4.79 Å². The van der Waals surface area contributed by atoms with Gasteiger partial charge in [0, 0.05) is 18.7 Å². The standard InChI is InChI=1S/C13H15NO/c1-9-6-11(9)8-14-7-10-4-2-3-5-12(10)13(14)15/h2-5,9,11H,6-8H2,1H3/t9-,11?/m1/s1. The van der Waals surface area contributed by atoms with E-state index in [0.29, 0.717) is 0 Å². The molecular formula is C13H15NO. The Hall–Kier alpha value is -1.31. The Bertz CT molecular complexity index is 413. The van der Waals surface area contributed by atoms with Gasteiger partial charge in [0.05, 0.1) is 0 Å². The smallest absolute Gasteiger partial charge is 0.254 e. The zero-order chi connectivity index (χ0) is 10.4. The van der Waals surface area contributed by atoms with Gasteiger partial charge in [-0.2, -0.15) is 0 Å². The maximum absolute atomic E-state index is 12.0. The fourth-order valence-corrected chi connectivity index (χ4v) is 2.40. The number of carbonyl (C=O) groups is 1. The van der Waals surface area contributed by atoms with Gasteiger partial charge in [0.15, 0.2) is 0 Å². The summed E-state index contributed by atoms with van der Waals surface area (Å²) in [4.78, 5) is 14.0. The summed E-state index contributed by atoms with van der Waals surface area (Å²) in [6.07, 6.45) is 1.29. The fraction of sp³-hybridized carbons (Fsp3) is 0.462. The second-order valence-corrected chi connectivity index (χ2v) is 4.82. The van der Waals surface area contributed by atoms with Crippen LogP contribution in [0.5, 0.6) is 0 Å². The van der Waals surface area contributed by atoms with Crippen LogP contribution in [0.3, 0.4) is 0 Å². The molecule has 1 aliphatic carbocycles. The van der Waals surface area contributed by atoms with Crippen LogP contribution in [0.15, 0.2) is 24.3 Å². The summed E-state index contributed by atoms with van der Waals surface area (Å²) < 4.78 is 0. The highest BCUT2D eigenvalue weighted by molar-refractivity contribution is 5.98. The van der Waals surface area contributed by atoms with Gasteiger partial charge in [0.1, 0.15) is 0 Å². The van der Waals surface area contributed by atoms with Crippen LogP contribution in [0.25, 0.3) is 0 Å². The van der Waals surface area contributed by atoms with Gasteiger partial charge >= 0.3 is 0 Å². The molecular weight excluding hydrogens is 186 g/mol. The van der Waals surface area contributed by atoms with Crippen molar-refractivity contribution in [3.63, 3.8) is 0 Å². The first-order valence-electron chi connectivity index (χ1n) is 5.63. The van der Waals surface area contributed by atoms with Gasteiger partial charge in [0.2, 0.25) is 0 Å². The van der Waals surface area contributed by atoms with Crippen LogP contribution < -0.4 is 0 Å². The van der Waals surface area contributed by atoms with Crippen LogP contribution in [0.2, 0.25) is 0 Å². The van der Waals surface area contributed by atoms with Gasteiger partial charge in [-0.05, 0) is 29.9 Å². The summed E-state index contributed by atoms with van der Waals surface area (Å²) in [5, 5.41) is 0. The van der Waals surface area contributed by atoms with Crippen LogP contribution in [-0.2, 0) is 6.54 Å². The summed E-state index contributed by atoms with van der Waals surface area (Å²) in [6.45, 7) is 4.03. The van der Waals surface area contributed by atoms with E-state index in [1.165, 1.54) is 12.0 Å². The molecule has 1 aromatic rings. The zero-order valence-electron chi connectivity index (χ0n) is 8.94. The van der Waals surface area contributed by atoms with Crippen molar-refractivity contribution in [3.05, 3.63) is 35.4 Å². The molecule has 0 N–H and O–H groups in total. The minimum Gasteiger partial charge on any atom is -0.334 e. The lowest BCUT2D eigenvalue weighted by Gasteiger charge is -2.14. The normalized spacial score (nSPS) is 28.1. The molecule has 3 rings (SSSR count). The van der Waals surface area contributed by atoms with Crippen molar-refractivity contribution in [2.24, 2.45) is 11.8 Å². The molecule has 0 aromatic heterocycles. The van der Waals surface area contributed by atoms with E-state index in [0.717, 1.165) is 30.5 Å². The molecule has 2 aliphatic rings. The van der Waals surface area contributed by atoms with E-state index in [2.05, 4.69) is 13.0 Å². The first-order chi connectivity index (χ1) is 7.25. The van der Waals surface area contributed by atoms with E-state index < -0.39 is 0 Å². The van der Waals surface area contributed by atoms with E-state index in [9.17, 15) is 4.79 Å². The second kappa shape index (κ2) is 3.09. The third kappa shape index (κ3) is 1.44. The Morgan fingerprint density at radius 3 is 2.80 bits per heavy atom. The Kier molecular flexibility index (Phi) is 1.84. The number of fused-ring (bicyclic) bond motifs is 1. The van der Waals surface area contributed by atoms with Crippen molar-refractivity contribution < 1.29 is 4.79 Å². The summed E-state index contributed by atoms with van der Waals surface area (Å²) in [5.41, 5.74) is 2.10. The Morgan fingerprint density at radius 1 is 1.40 bits per heavy atom. The lowest BCUT2D eigenvalue weighted by atomic mass is 10.1. The van der Waals surface area contributed by atoms with Gasteiger partial charge in [-0.25, -0.2) is 0 Å². The summed E-state index contributed by atoms with van der Waals surface area (Å²) >= 11 is 0. The second-order valence-electron chi connectivity index (χ2n) is 4.82. The SMILES string of the molecule is C[C@@H]1CC1CN1Cc2ccccc2C1=O. The average molecular weight is 201 g/mol. The highest BCUT2D eigenvalue weighted by atomic mass is 16.2. The number of rotatable bonds is 2. The highest BCUT2D eigenvalue weighted by Crippen LogP contribution is 2.39. The number of amides is 1. The molecule has 1 unspecified atom stereocenters. The summed E-state index contributed by atoms with van der Waals surface area (Å²) in [6, 6.07) is 7.95.